The van der Waals surface area contributed by atoms with Gasteiger partial charge >= 0.3 is 5.97 Å². The van der Waals surface area contributed by atoms with Gasteiger partial charge in [0.15, 0.2) is 0 Å². The Balaban J connectivity index is 4.62. The minimum atomic E-state index is -3.34. The molecule has 0 atom stereocenters. The zero-order chi connectivity index (χ0) is 13.6. The maximum absolute atomic E-state index is 12.0. The second kappa shape index (κ2) is 6.96. The van der Waals surface area contributed by atoms with Gasteiger partial charge in [0, 0.05) is 12.6 Å². The molecule has 0 aromatic heterocycles. The highest BCUT2D eigenvalue weighted by Gasteiger charge is 2.25. The molecule has 0 aromatic rings. The summed E-state index contributed by atoms with van der Waals surface area (Å²) in [6.45, 7) is 7.50. The zero-order valence-corrected chi connectivity index (χ0v) is 11.8. The molecule has 0 bridgehead atoms. The standard InChI is InChI=1S/C11H23NO4S/c1-9(2)6-8-17(15,16)12(10(3)4)7-5-11(13)14/h9-10H,5-8H2,1-4H3,(H,13,14). The molecule has 0 heterocycles. The topological polar surface area (TPSA) is 74.7 Å². The molecule has 0 spiro atoms. The molecule has 0 radical (unpaired) electrons. The fourth-order valence-electron chi connectivity index (χ4n) is 1.43. The Morgan fingerprint density at radius 3 is 2.12 bits per heavy atom. The molecule has 0 unspecified atom stereocenters. The molecule has 0 aliphatic heterocycles. The van der Waals surface area contributed by atoms with E-state index in [1.165, 1.54) is 4.31 Å². The third-order valence-electron chi connectivity index (χ3n) is 2.43. The largest absolute Gasteiger partial charge is 0.481 e. The molecule has 102 valence electrons. The van der Waals surface area contributed by atoms with Crippen molar-refractivity contribution in [3.8, 4) is 0 Å². The molecule has 0 aliphatic carbocycles. The lowest BCUT2D eigenvalue weighted by atomic mass is 10.2. The first-order valence-electron chi connectivity index (χ1n) is 5.88. The van der Waals surface area contributed by atoms with E-state index in [2.05, 4.69) is 0 Å². The van der Waals surface area contributed by atoms with Crippen molar-refractivity contribution in [2.24, 2.45) is 5.92 Å². The van der Waals surface area contributed by atoms with Gasteiger partial charge in [-0.25, -0.2) is 8.42 Å². The molecule has 0 aliphatic rings. The number of carbonyl (C=O) groups is 1. The van der Waals surface area contributed by atoms with Crippen molar-refractivity contribution in [2.75, 3.05) is 12.3 Å². The van der Waals surface area contributed by atoms with Gasteiger partial charge in [0.1, 0.15) is 0 Å². The fraction of sp³-hybridized carbons (Fsp3) is 0.909. The summed E-state index contributed by atoms with van der Waals surface area (Å²) in [5.41, 5.74) is 0. The highest BCUT2D eigenvalue weighted by Crippen LogP contribution is 2.12. The molecule has 0 aromatic carbocycles. The van der Waals surface area contributed by atoms with Gasteiger partial charge in [-0.3, -0.25) is 4.79 Å². The van der Waals surface area contributed by atoms with E-state index in [0.29, 0.717) is 12.3 Å². The first-order valence-corrected chi connectivity index (χ1v) is 7.49. The summed E-state index contributed by atoms with van der Waals surface area (Å²) in [7, 11) is -3.34. The molecule has 17 heavy (non-hydrogen) atoms. The molecular formula is C11H23NO4S. The van der Waals surface area contributed by atoms with Gasteiger partial charge < -0.3 is 5.11 Å². The van der Waals surface area contributed by atoms with E-state index in [-0.39, 0.29) is 24.8 Å². The molecule has 0 fully saturated rings. The van der Waals surface area contributed by atoms with E-state index in [4.69, 9.17) is 5.11 Å². The Kier molecular flexibility index (Phi) is 6.70. The van der Waals surface area contributed by atoms with Crippen LogP contribution in [-0.2, 0) is 14.8 Å². The van der Waals surface area contributed by atoms with E-state index >= 15 is 0 Å². The molecule has 5 nitrogen and oxygen atoms in total. The van der Waals surface area contributed by atoms with E-state index in [9.17, 15) is 13.2 Å². The smallest absolute Gasteiger partial charge is 0.304 e. The average Bonchev–Trinajstić information content (AvgIpc) is 2.13. The lowest BCUT2D eigenvalue weighted by molar-refractivity contribution is -0.137. The quantitative estimate of drug-likeness (QED) is 0.722. The van der Waals surface area contributed by atoms with Gasteiger partial charge in [-0.1, -0.05) is 13.8 Å². The van der Waals surface area contributed by atoms with Crippen molar-refractivity contribution in [1.82, 2.24) is 4.31 Å². The predicted octanol–water partition coefficient (Wildman–Crippen LogP) is 1.55. The zero-order valence-electron chi connectivity index (χ0n) is 11.0. The molecule has 0 saturated carbocycles. The third-order valence-corrected chi connectivity index (χ3v) is 4.50. The predicted molar refractivity (Wildman–Crippen MR) is 67.3 cm³/mol. The Morgan fingerprint density at radius 1 is 1.24 bits per heavy atom. The number of nitrogens with zero attached hydrogens (tertiary/aromatic N) is 1. The monoisotopic (exact) mass is 265 g/mol. The van der Waals surface area contributed by atoms with E-state index < -0.39 is 16.0 Å². The van der Waals surface area contributed by atoms with Crippen LogP contribution in [0.2, 0.25) is 0 Å². The van der Waals surface area contributed by atoms with E-state index in [1.54, 1.807) is 13.8 Å². The Hall–Kier alpha value is -0.620. The number of carboxylic acids is 1. The fourth-order valence-corrected chi connectivity index (χ4v) is 3.44. The van der Waals surface area contributed by atoms with Crippen LogP contribution in [0.4, 0.5) is 0 Å². The molecular weight excluding hydrogens is 242 g/mol. The number of sulfonamides is 1. The molecule has 0 saturated heterocycles. The minimum Gasteiger partial charge on any atom is -0.481 e. The molecule has 1 N–H and O–H groups in total. The van der Waals surface area contributed by atoms with Gasteiger partial charge in [-0.2, -0.15) is 4.31 Å². The van der Waals surface area contributed by atoms with E-state index in [1.807, 2.05) is 13.8 Å². The van der Waals surface area contributed by atoms with Crippen LogP contribution in [0.25, 0.3) is 0 Å². The number of aliphatic carboxylic acids is 1. The van der Waals surface area contributed by atoms with Crippen LogP contribution in [0.1, 0.15) is 40.5 Å². The van der Waals surface area contributed by atoms with Gasteiger partial charge in [0.25, 0.3) is 0 Å². The highest BCUT2D eigenvalue weighted by molar-refractivity contribution is 7.89. The maximum atomic E-state index is 12.0. The average molecular weight is 265 g/mol. The van der Waals surface area contributed by atoms with Crippen molar-refractivity contribution in [3.05, 3.63) is 0 Å². The van der Waals surface area contributed by atoms with Gasteiger partial charge in [-0.05, 0) is 26.2 Å². The molecule has 0 amide bonds. The lowest BCUT2D eigenvalue weighted by Crippen LogP contribution is -2.40. The highest BCUT2D eigenvalue weighted by atomic mass is 32.2. The SMILES string of the molecule is CC(C)CCS(=O)(=O)N(CCC(=O)O)C(C)C. The number of hydrogen-bond donors (Lipinski definition) is 1. The number of carboxylic acid groups (broad SMARTS) is 1. The Labute approximate surface area is 104 Å². The van der Waals surface area contributed by atoms with Gasteiger partial charge in [0.2, 0.25) is 10.0 Å². The minimum absolute atomic E-state index is 0.0490. The van der Waals surface area contributed by atoms with Crippen LogP contribution in [-0.4, -0.2) is 42.1 Å². The maximum Gasteiger partial charge on any atom is 0.304 e. The van der Waals surface area contributed by atoms with Crippen LogP contribution in [0.5, 0.6) is 0 Å². The third kappa shape index (κ3) is 6.63. The van der Waals surface area contributed by atoms with Crippen LogP contribution >= 0.6 is 0 Å². The summed E-state index contributed by atoms with van der Waals surface area (Å²) >= 11 is 0. The summed E-state index contributed by atoms with van der Waals surface area (Å²) in [4.78, 5) is 10.5. The van der Waals surface area contributed by atoms with Crippen LogP contribution in [0.15, 0.2) is 0 Å². The summed E-state index contributed by atoms with van der Waals surface area (Å²) < 4.78 is 25.3. The van der Waals surface area contributed by atoms with E-state index in [0.717, 1.165) is 0 Å². The first kappa shape index (κ1) is 16.4. The normalized spacial score (nSPS) is 12.6. The summed E-state index contributed by atoms with van der Waals surface area (Å²) in [6.07, 6.45) is 0.442. The lowest BCUT2D eigenvalue weighted by Gasteiger charge is -2.25. The van der Waals surface area contributed by atoms with Crippen molar-refractivity contribution < 1.29 is 18.3 Å². The van der Waals surface area contributed by atoms with Crippen LogP contribution in [0, 0.1) is 5.92 Å². The second-order valence-electron chi connectivity index (χ2n) is 4.85. The first-order chi connectivity index (χ1) is 7.66. The van der Waals surface area contributed by atoms with Crippen molar-refractivity contribution in [2.45, 2.75) is 46.6 Å². The van der Waals surface area contributed by atoms with Crippen molar-refractivity contribution in [3.63, 3.8) is 0 Å². The van der Waals surface area contributed by atoms with Crippen molar-refractivity contribution >= 4 is 16.0 Å². The second-order valence-corrected chi connectivity index (χ2v) is 6.89. The number of rotatable bonds is 8. The van der Waals surface area contributed by atoms with Gasteiger partial charge in [-0.15, -0.1) is 0 Å². The van der Waals surface area contributed by atoms with Crippen molar-refractivity contribution in [1.29, 1.82) is 0 Å². The summed E-state index contributed by atoms with van der Waals surface area (Å²) in [5, 5.41) is 8.61. The molecule has 6 heteroatoms. The Morgan fingerprint density at radius 2 is 1.76 bits per heavy atom. The van der Waals surface area contributed by atoms with Gasteiger partial charge in [0.05, 0.1) is 12.2 Å². The van der Waals surface area contributed by atoms with Crippen LogP contribution in [0.3, 0.4) is 0 Å². The van der Waals surface area contributed by atoms with Crippen LogP contribution < -0.4 is 0 Å². The number of hydrogen-bond acceptors (Lipinski definition) is 3. The summed E-state index contributed by atoms with van der Waals surface area (Å²) in [5.74, 6) is -0.574. The summed E-state index contributed by atoms with van der Waals surface area (Å²) in [6, 6.07) is -0.202. The Bertz CT molecular complexity index is 335. The molecule has 0 rings (SSSR count).